The maximum Gasteiger partial charge on any atom is 0.271 e. The fourth-order valence-corrected chi connectivity index (χ4v) is 2.53. The standard InChI is InChI=1S/C15H19IN4O.2ClH/c1-3-20(4-2)8-7-17-15(21)14-10-18-13-9-11(16)5-6-12(13)19-14;;/h5-6,9-10H,3-4,7-8H2,1-2H3,(H,17,21);2*1H. The maximum absolute atomic E-state index is 12.1. The summed E-state index contributed by atoms with van der Waals surface area (Å²) in [5.74, 6) is -0.171. The first-order valence-electron chi connectivity index (χ1n) is 7.07. The lowest BCUT2D eigenvalue weighted by molar-refractivity contribution is 0.0944. The fourth-order valence-electron chi connectivity index (χ4n) is 2.05. The van der Waals surface area contributed by atoms with Crippen LogP contribution in [0.25, 0.3) is 11.0 Å². The predicted molar refractivity (Wildman–Crippen MR) is 107 cm³/mol. The number of hydrogen-bond acceptors (Lipinski definition) is 4. The number of hydrogen-bond donors (Lipinski definition) is 1. The molecule has 0 bridgehead atoms. The molecular weight excluding hydrogens is 450 g/mol. The van der Waals surface area contributed by atoms with Crippen LogP contribution in [0.15, 0.2) is 24.4 Å². The summed E-state index contributed by atoms with van der Waals surface area (Å²) in [5.41, 5.74) is 1.91. The van der Waals surface area contributed by atoms with Gasteiger partial charge in [0, 0.05) is 16.7 Å². The van der Waals surface area contributed by atoms with E-state index in [0.717, 1.165) is 34.2 Å². The van der Waals surface area contributed by atoms with Crippen LogP contribution >= 0.6 is 47.4 Å². The minimum Gasteiger partial charge on any atom is -0.349 e. The van der Waals surface area contributed by atoms with E-state index >= 15 is 0 Å². The molecule has 1 aromatic carbocycles. The van der Waals surface area contributed by atoms with Crippen molar-refractivity contribution in [3.8, 4) is 0 Å². The summed E-state index contributed by atoms with van der Waals surface area (Å²) in [6.45, 7) is 7.66. The lowest BCUT2D eigenvalue weighted by Gasteiger charge is -2.17. The summed E-state index contributed by atoms with van der Waals surface area (Å²) in [7, 11) is 0. The molecule has 0 aliphatic heterocycles. The van der Waals surface area contributed by atoms with Crippen LogP contribution in [0.2, 0.25) is 0 Å². The first kappa shape index (κ1) is 22.3. The molecule has 8 heteroatoms. The molecule has 0 fully saturated rings. The number of carbonyl (C=O) groups is 1. The first-order valence-corrected chi connectivity index (χ1v) is 8.14. The van der Waals surface area contributed by atoms with E-state index in [2.05, 4.69) is 56.6 Å². The van der Waals surface area contributed by atoms with E-state index in [4.69, 9.17) is 0 Å². The molecule has 1 N–H and O–H groups in total. The Kier molecular flexibility index (Phi) is 10.6. The third-order valence-electron chi connectivity index (χ3n) is 3.34. The van der Waals surface area contributed by atoms with E-state index in [1.54, 1.807) is 0 Å². The Morgan fingerprint density at radius 3 is 2.57 bits per heavy atom. The van der Waals surface area contributed by atoms with Gasteiger partial charge in [-0.3, -0.25) is 9.78 Å². The van der Waals surface area contributed by atoms with Gasteiger partial charge in [0.2, 0.25) is 0 Å². The molecule has 1 amide bonds. The summed E-state index contributed by atoms with van der Waals surface area (Å²) in [5, 5.41) is 2.89. The van der Waals surface area contributed by atoms with Crippen LogP contribution in [0.3, 0.4) is 0 Å². The topological polar surface area (TPSA) is 58.1 Å². The molecule has 2 rings (SSSR count). The first-order chi connectivity index (χ1) is 10.1. The monoisotopic (exact) mass is 470 g/mol. The second-order valence-corrected chi connectivity index (χ2v) is 5.92. The smallest absolute Gasteiger partial charge is 0.271 e. The molecular formula is C15H21Cl2IN4O. The van der Waals surface area contributed by atoms with Gasteiger partial charge in [0.25, 0.3) is 5.91 Å². The van der Waals surface area contributed by atoms with Gasteiger partial charge >= 0.3 is 0 Å². The summed E-state index contributed by atoms with van der Waals surface area (Å²) in [6, 6.07) is 5.79. The number of likely N-dealkylation sites (N-methyl/N-ethyl adjacent to an activating group) is 1. The number of rotatable bonds is 6. The highest BCUT2D eigenvalue weighted by molar-refractivity contribution is 14.1. The van der Waals surface area contributed by atoms with Gasteiger partial charge in [0.15, 0.2) is 0 Å². The number of carbonyl (C=O) groups excluding carboxylic acids is 1. The summed E-state index contributed by atoms with van der Waals surface area (Å²) in [6.07, 6.45) is 1.53. The van der Waals surface area contributed by atoms with Crippen molar-refractivity contribution in [2.24, 2.45) is 0 Å². The predicted octanol–water partition coefficient (Wildman–Crippen LogP) is 3.15. The molecule has 0 aliphatic rings. The molecule has 2 aromatic rings. The van der Waals surface area contributed by atoms with E-state index in [-0.39, 0.29) is 30.7 Å². The Bertz CT molecular complexity index is 638. The van der Waals surface area contributed by atoms with Gasteiger partial charge in [-0.2, -0.15) is 0 Å². The number of halogens is 3. The van der Waals surface area contributed by atoms with Gasteiger partial charge < -0.3 is 10.2 Å². The van der Waals surface area contributed by atoms with E-state index in [0.29, 0.717) is 12.2 Å². The number of nitrogens with one attached hydrogen (secondary N) is 1. The highest BCUT2D eigenvalue weighted by Crippen LogP contribution is 2.13. The zero-order chi connectivity index (χ0) is 15.2. The van der Waals surface area contributed by atoms with Crippen molar-refractivity contribution in [2.45, 2.75) is 13.8 Å². The van der Waals surface area contributed by atoms with Crippen molar-refractivity contribution in [1.29, 1.82) is 0 Å². The third kappa shape index (κ3) is 6.37. The average molecular weight is 471 g/mol. The Labute approximate surface area is 162 Å². The zero-order valence-electron chi connectivity index (χ0n) is 13.1. The van der Waals surface area contributed by atoms with Crippen LogP contribution in [0.5, 0.6) is 0 Å². The number of fused-ring (bicyclic) bond motifs is 1. The number of amides is 1. The molecule has 1 heterocycles. The summed E-state index contributed by atoms with van der Waals surface area (Å²) in [4.78, 5) is 23.0. The Balaban J connectivity index is 0.00000242. The minimum absolute atomic E-state index is 0. The van der Waals surface area contributed by atoms with Gasteiger partial charge in [0.05, 0.1) is 17.2 Å². The van der Waals surface area contributed by atoms with Crippen LogP contribution < -0.4 is 5.32 Å². The average Bonchev–Trinajstić information content (AvgIpc) is 2.50. The quantitative estimate of drug-likeness (QED) is 0.659. The van der Waals surface area contributed by atoms with E-state index in [1.807, 2.05) is 18.2 Å². The second-order valence-electron chi connectivity index (χ2n) is 4.67. The van der Waals surface area contributed by atoms with Crippen molar-refractivity contribution in [3.05, 3.63) is 33.7 Å². The molecule has 5 nitrogen and oxygen atoms in total. The van der Waals surface area contributed by atoms with Crippen LogP contribution in [0, 0.1) is 3.57 Å². The minimum atomic E-state index is -0.171. The molecule has 0 spiro atoms. The number of nitrogens with zero attached hydrogens (tertiary/aromatic N) is 3. The van der Waals surface area contributed by atoms with Crippen LogP contribution in [-0.2, 0) is 0 Å². The lowest BCUT2D eigenvalue weighted by Crippen LogP contribution is -2.35. The van der Waals surface area contributed by atoms with Gasteiger partial charge in [0.1, 0.15) is 5.69 Å². The largest absolute Gasteiger partial charge is 0.349 e. The van der Waals surface area contributed by atoms with E-state index in [9.17, 15) is 4.79 Å². The van der Waals surface area contributed by atoms with Crippen molar-refractivity contribution >= 4 is 64.3 Å². The Morgan fingerprint density at radius 2 is 1.91 bits per heavy atom. The molecule has 0 saturated carbocycles. The van der Waals surface area contributed by atoms with Crippen LogP contribution in [0.4, 0.5) is 0 Å². The summed E-state index contributed by atoms with van der Waals surface area (Å²) >= 11 is 2.23. The lowest BCUT2D eigenvalue weighted by atomic mass is 10.3. The molecule has 0 radical (unpaired) electrons. The highest BCUT2D eigenvalue weighted by atomic mass is 127. The van der Waals surface area contributed by atoms with E-state index in [1.165, 1.54) is 6.20 Å². The Morgan fingerprint density at radius 1 is 1.22 bits per heavy atom. The number of aromatic nitrogens is 2. The Hall–Kier alpha value is -0.700. The second kappa shape index (κ2) is 11.0. The van der Waals surface area contributed by atoms with Crippen molar-refractivity contribution in [2.75, 3.05) is 26.2 Å². The molecule has 0 aliphatic carbocycles. The molecule has 0 unspecified atom stereocenters. The third-order valence-corrected chi connectivity index (χ3v) is 4.02. The van der Waals surface area contributed by atoms with Gasteiger partial charge in [-0.15, -0.1) is 24.8 Å². The van der Waals surface area contributed by atoms with Gasteiger partial charge in [-0.05, 0) is 53.9 Å². The van der Waals surface area contributed by atoms with E-state index < -0.39 is 0 Å². The summed E-state index contributed by atoms with van der Waals surface area (Å²) < 4.78 is 1.10. The maximum atomic E-state index is 12.1. The van der Waals surface area contributed by atoms with Gasteiger partial charge in [-0.1, -0.05) is 13.8 Å². The molecule has 0 saturated heterocycles. The van der Waals surface area contributed by atoms with Crippen LogP contribution in [0.1, 0.15) is 24.3 Å². The zero-order valence-corrected chi connectivity index (χ0v) is 16.9. The molecule has 0 atom stereocenters. The van der Waals surface area contributed by atoms with Crippen molar-refractivity contribution in [3.63, 3.8) is 0 Å². The molecule has 1 aromatic heterocycles. The highest BCUT2D eigenvalue weighted by Gasteiger charge is 2.09. The number of benzene rings is 1. The van der Waals surface area contributed by atoms with Crippen molar-refractivity contribution in [1.82, 2.24) is 20.2 Å². The normalized spacial score (nSPS) is 10.1. The SMILES string of the molecule is CCN(CC)CCNC(=O)c1cnc2cc(I)ccc2n1.Cl.Cl. The van der Waals surface area contributed by atoms with Crippen LogP contribution in [-0.4, -0.2) is 47.0 Å². The fraction of sp³-hybridized carbons (Fsp3) is 0.400. The van der Waals surface area contributed by atoms with Crippen molar-refractivity contribution < 1.29 is 4.79 Å². The molecule has 23 heavy (non-hydrogen) atoms. The molecule has 128 valence electrons. The van der Waals surface area contributed by atoms with Gasteiger partial charge in [-0.25, -0.2) is 4.98 Å².